The molecule has 0 saturated carbocycles. The van der Waals surface area contributed by atoms with Crippen molar-refractivity contribution in [1.29, 1.82) is 10.7 Å². The highest BCUT2D eigenvalue weighted by Gasteiger charge is 2.08. The first-order valence-electron chi connectivity index (χ1n) is 5.95. The number of nitrogens with zero attached hydrogens (tertiary/aromatic N) is 2. The third-order valence-electron chi connectivity index (χ3n) is 2.74. The van der Waals surface area contributed by atoms with E-state index in [0.29, 0.717) is 11.1 Å². The van der Waals surface area contributed by atoms with Crippen LogP contribution in [0.2, 0.25) is 0 Å². The molecule has 0 bridgehead atoms. The Bertz CT molecular complexity index is 658. The molecule has 0 radical (unpaired) electrons. The molecule has 0 atom stereocenters. The maximum absolute atomic E-state index is 13.1. The first kappa shape index (κ1) is 13.6. The molecule has 100 valence electrons. The van der Waals surface area contributed by atoms with Gasteiger partial charge in [0.05, 0.1) is 17.3 Å². The van der Waals surface area contributed by atoms with Gasteiger partial charge in [0.15, 0.2) is 0 Å². The van der Waals surface area contributed by atoms with Crippen molar-refractivity contribution >= 4 is 11.5 Å². The molecule has 0 aromatic heterocycles. The van der Waals surface area contributed by atoms with Gasteiger partial charge in [-0.3, -0.25) is 15.8 Å². The minimum Gasteiger partial charge on any atom is -0.297 e. The van der Waals surface area contributed by atoms with Crippen LogP contribution in [-0.2, 0) is 0 Å². The maximum Gasteiger partial charge on any atom is 0.146 e. The zero-order valence-corrected chi connectivity index (χ0v) is 10.9. The Hall–Kier alpha value is -2.87. The van der Waals surface area contributed by atoms with E-state index in [0.717, 1.165) is 5.69 Å². The SMILES string of the molecule is CN(Nc1ccc(C#N)cc1)C(=N)c1cccc(F)c1. The Balaban J connectivity index is 2.09. The third kappa shape index (κ3) is 3.12. The number of amidine groups is 1. The molecule has 20 heavy (non-hydrogen) atoms. The Morgan fingerprint density at radius 2 is 1.95 bits per heavy atom. The summed E-state index contributed by atoms with van der Waals surface area (Å²) >= 11 is 0. The van der Waals surface area contributed by atoms with Gasteiger partial charge in [-0.25, -0.2) is 4.39 Å². The van der Waals surface area contributed by atoms with E-state index in [1.165, 1.54) is 17.1 Å². The van der Waals surface area contributed by atoms with Crippen molar-refractivity contribution in [2.24, 2.45) is 0 Å². The number of benzene rings is 2. The van der Waals surface area contributed by atoms with E-state index >= 15 is 0 Å². The first-order chi connectivity index (χ1) is 9.60. The number of halogens is 1. The Labute approximate surface area is 116 Å². The van der Waals surface area contributed by atoms with Crippen molar-refractivity contribution in [2.75, 3.05) is 12.5 Å². The normalized spacial score (nSPS) is 9.65. The van der Waals surface area contributed by atoms with Crippen LogP contribution in [0, 0.1) is 22.6 Å². The van der Waals surface area contributed by atoms with E-state index in [2.05, 4.69) is 5.43 Å². The lowest BCUT2D eigenvalue weighted by molar-refractivity contribution is 0.601. The lowest BCUT2D eigenvalue weighted by Crippen LogP contribution is -2.32. The van der Waals surface area contributed by atoms with Crippen molar-refractivity contribution in [3.8, 4) is 6.07 Å². The summed E-state index contributed by atoms with van der Waals surface area (Å²) in [7, 11) is 1.67. The van der Waals surface area contributed by atoms with Crippen LogP contribution in [0.15, 0.2) is 48.5 Å². The summed E-state index contributed by atoms with van der Waals surface area (Å²) in [5, 5.41) is 18.2. The molecular weight excluding hydrogens is 255 g/mol. The Morgan fingerprint density at radius 1 is 1.25 bits per heavy atom. The molecule has 0 unspecified atom stereocenters. The summed E-state index contributed by atoms with van der Waals surface area (Å²) in [6.45, 7) is 0. The molecule has 2 aromatic rings. The fraction of sp³-hybridized carbons (Fsp3) is 0.0667. The molecule has 0 fully saturated rings. The molecule has 0 amide bonds. The van der Waals surface area contributed by atoms with E-state index in [-0.39, 0.29) is 11.7 Å². The van der Waals surface area contributed by atoms with Crippen LogP contribution < -0.4 is 5.43 Å². The second kappa shape index (κ2) is 5.85. The van der Waals surface area contributed by atoms with Crippen molar-refractivity contribution < 1.29 is 4.39 Å². The van der Waals surface area contributed by atoms with Crippen LogP contribution in [0.1, 0.15) is 11.1 Å². The minimum absolute atomic E-state index is 0.147. The standard InChI is InChI=1S/C15H13FN4/c1-20(15(18)12-3-2-4-13(16)9-12)19-14-7-5-11(10-17)6-8-14/h2-9,18-19H,1H3. The molecule has 2 aromatic carbocycles. The van der Waals surface area contributed by atoms with Gasteiger partial charge in [-0.1, -0.05) is 12.1 Å². The molecule has 0 aliphatic rings. The monoisotopic (exact) mass is 268 g/mol. The summed E-state index contributed by atoms with van der Waals surface area (Å²) in [4.78, 5) is 0. The van der Waals surface area contributed by atoms with Crippen LogP contribution in [0.25, 0.3) is 0 Å². The van der Waals surface area contributed by atoms with Crippen LogP contribution in [0.3, 0.4) is 0 Å². The highest BCUT2D eigenvalue weighted by Crippen LogP contribution is 2.11. The van der Waals surface area contributed by atoms with E-state index in [1.807, 2.05) is 6.07 Å². The topological polar surface area (TPSA) is 62.9 Å². The predicted octanol–water partition coefficient (Wildman–Crippen LogP) is 2.98. The van der Waals surface area contributed by atoms with Gasteiger partial charge in [0.2, 0.25) is 0 Å². The second-order valence-corrected chi connectivity index (χ2v) is 4.22. The highest BCUT2D eigenvalue weighted by molar-refractivity contribution is 5.96. The molecular formula is C15H13FN4. The molecule has 0 heterocycles. The Morgan fingerprint density at radius 3 is 2.55 bits per heavy atom. The second-order valence-electron chi connectivity index (χ2n) is 4.22. The largest absolute Gasteiger partial charge is 0.297 e. The highest BCUT2D eigenvalue weighted by atomic mass is 19.1. The number of rotatable bonds is 3. The van der Waals surface area contributed by atoms with Crippen LogP contribution >= 0.6 is 0 Å². The molecule has 0 aliphatic heterocycles. The summed E-state index contributed by atoms with van der Waals surface area (Å²) in [5.74, 6) is -0.229. The van der Waals surface area contributed by atoms with Gasteiger partial charge in [-0.05, 0) is 36.4 Å². The van der Waals surface area contributed by atoms with Crippen molar-refractivity contribution in [3.05, 3.63) is 65.5 Å². The zero-order valence-electron chi connectivity index (χ0n) is 10.9. The fourth-order valence-corrected chi connectivity index (χ4v) is 1.70. The average Bonchev–Trinajstić information content (AvgIpc) is 2.47. The minimum atomic E-state index is -0.376. The van der Waals surface area contributed by atoms with E-state index < -0.39 is 0 Å². The van der Waals surface area contributed by atoms with E-state index in [4.69, 9.17) is 10.7 Å². The van der Waals surface area contributed by atoms with Gasteiger partial charge < -0.3 is 0 Å². The quantitative estimate of drug-likeness (QED) is 0.511. The maximum atomic E-state index is 13.1. The lowest BCUT2D eigenvalue weighted by Gasteiger charge is -2.22. The molecule has 5 heteroatoms. The molecule has 4 nitrogen and oxygen atoms in total. The van der Waals surface area contributed by atoms with Gasteiger partial charge in [0.25, 0.3) is 0 Å². The average molecular weight is 268 g/mol. The number of hydrogen-bond acceptors (Lipinski definition) is 3. The first-order valence-corrected chi connectivity index (χ1v) is 5.95. The van der Waals surface area contributed by atoms with E-state index in [9.17, 15) is 4.39 Å². The number of anilines is 1. The third-order valence-corrected chi connectivity index (χ3v) is 2.74. The summed E-state index contributed by atoms with van der Waals surface area (Å²) in [6.07, 6.45) is 0. The van der Waals surface area contributed by atoms with Gasteiger partial charge in [0.1, 0.15) is 11.7 Å². The lowest BCUT2D eigenvalue weighted by atomic mass is 10.2. The summed E-state index contributed by atoms with van der Waals surface area (Å²) in [6, 6.07) is 14.8. The number of hydrazine groups is 1. The van der Waals surface area contributed by atoms with Gasteiger partial charge in [0, 0.05) is 12.6 Å². The van der Waals surface area contributed by atoms with Crippen molar-refractivity contribution in [2.45, 2.75) is 0 Å². The number of nitriles is 1. The van der Waals surface area contributed by atoms with Crippen LogP contribution in [0.4, 0.5) is 10.1 Å². The van der Waals surface area contributed by atoms with E-state index in [1.54, 1.807) is 43.4 Å². The van der Waals surface area contributed by atoms with Gasteiger partial charge in [-0.2, -0.15) is 5.26 Å². The number of hydrogen-bond donors (Lipinski definition) is 2. The predicted molar refractivity (Wildman–Crippen MR) is 75.8 cm³/mol. The molecule has 0 spiro atoms. The Kier molecular flexibility index (Phi) is 3.96. The molecule has 2 N–H and O–H groups in total. The smallest absolute Gasteiger partial charge is 0.146 e. The molecule has 2 rings (SSSR count). The number of nitrogens with one attached hydrogen (secondary N) is 2. The van der Waals surface area contributed by atoms with Crippen molar-refractivity contribution in [3.63, 3.8) is 0 Å². The zero-order chi connectivity index (χ0) is 14.5. The van der Waals surface area contributed by atoms with Gasteiger partial charge in [-0.15, -0.1) is 0 Å². The summed E-state index contributed by atoms with van der Waals surface area (Å²) < 4.78 is 13.1. The summed E-state index contributed by atoms with van der Waals surface area (Å²) in [5.41, 5.74) is 4.78. The van der Waals surface area contributed by atoms with Gasteiger partial charge >= 0.3 is 0 Å². The van der Waals surface area contributed by atoms with Crippen LogP contribution in [-0.4, -0.2) is 17.9 Å². The molecule has 0 aliphatic carbocycles. The van der Waals surface area contributed by atoms with Crippen molar-refractivity contribution in [1.82, 2.24) is 5.01 Å². The van der Waals surface area contributed by atoms with Crippen LogP contribution in [0.5, 0.6) is 0 Å². The fourth-order valence-electron chi connectivity index (χ4n) is 1.70. The molecule has 0 saturated heterocycles.